The molecule has 3 aromatic rings. The maximum absolute atomic E-state index is 14.0. The lowest BCUT2D eigenvalue weighted by Crippen LogP contribution is -2.47. The molecule has 5 rings (SSSR count). The van der Waals surface area contributed by atoms with Gasteiger partial charge in [-0.3, -0.25) is 4.79 Å². The van der Waals surface area contributed by atoms with Gasteiger partial charge in [-0.05, 0) is 56.2 Å². The number of para-hydroxylation sites is 2. The van der Waals surface area contributed by atoms with Crippen LogP contribution in [0.1, 0.15) is 29.9 Å². The van der Waals surface area contributed by atoms with Crippen molar-refractivity contribution in [3.05, 3.63) is 71.1 Å². The molecule has 0 unspecified atom stereocenters. The lowest BCUT2D eigenvalue weighted by Gasteiger charge is -2.34. The Morgan fingerprint density at radius 1 is 1.12 bits per heavy atom. The monoisotopic (exact) mass is 573 g/mol. The van der Waals surface area contributed by atoms with Crippen LogP contribution in [0.25, 0.3) is 12.2 Å². The molecule has 0 bridgehead atoms. The number of fused-ring (bicyclic) bond motifs is 1. The summed E-state index contributed by atoms with van der Waals surface area (Å²) in [5.41, 5.74) is 0.227. The summed E-state index contributed by atoms with van der Waals surface area (Å²) in [5.74, 6) is -0.673. The molecule has 2 aliphatic heterocycles. The van der Waals surface area contributed by atoms with Gasteiger partial charge < -0.3 is 18.9 Å². The van der Waals surface area contributed by atoms with Gasteiger partial charge >= 0.3 is 0 Å². The quantitative estimate of drug-likeness (QED) is 0.419. The zero-order chi connectivity index (χ0) is 28.4. The van der Waals surface area contributed by atoms with Crippen LogP contribution in [0.4, 0.5) is 8.78 Å². The molecule has 1 amide bonds. The average molecular weight is 574 g/mol. The molecule has 1 aromatic heterocycles. The number of carbonyl (C=O) groups is 1. The normalized spacial score (nSPS) is 18.2. The average Bonchev–Trinajstić information content (AvgIpc) is 3.33. The fourth-order valence-electron chi connectivity index (χ4n) is 4.93. The summed E-state index contributed by atoms with van der Waals surface area (Å²) >= 11 is 0. The third kappa shape index (κ3) is 5.73. The smallest absolute Gasteiger partial charge is 0.248 e. The molecule has 212 valence electrons. The van der Waals surface area contributed by atoms with Crippen molar-refractivity contribution in [3.63, 3.8) is 0 Å². The number of aryl methyl sites for hydroxylation is 1. The molecule has 2 aliphatic rings. The van der Waals surface area contributed by atoms with Gasteiger partial charge in [0.2, 0.25) is 15.9 Å². The molecule has 1 fully saturated rings. The fraction of sp³-hybridized carbons (Fsp3) is 0.357. The second-order valence-electron chi connectivity index (χ2n) is 9.86. The lowest BCUT2D eigenvalue weighted by atomic mass is 9.96. The summed E-state index contributed by atoms with van der Waals surface area (Å²) in [4.78, 5) is 14.6. The summed E-state index contributed by atoms with van der Waals surface area (Å²) in [6, 6.07) is 10.4. The van der Waals surface area contributed by atoms with E-state index in [1.807, 2.05) is 24.3 Å². The highest BCUT2D eigenvalue weighted by molar-refractivity contribution is 7.89. The Balaban J connectivity index is 1.21. The van der Waals surface area contributed by atoms with Gasteiger partial charge in [0.15, 0.2) is 28.3 Å². The summed E-state index contributed by atoms with van der Waals surface area (Å²) < 4.78 is 72.5. The Morgan fingerprint density at radius 2 is 1.85 bits per heavy atom. The van der Waals surface area contributed by atoms with Crippen LogP contribution in [0.3, 0.4) is 0 Å². The lowest BCUT2D eigenvalue weighted by molar-refractivity contribution is -0.136. The first kappa shape index (κ1) is 27.8. The van der Waals surface area contributed by atoms with Crippen LogP contribution < -0.4 is 9.47 Å². The van der Waals surface area contributed by atoms with E-state index >= 15 is 0 Å². The summed E-state index contributed by atoms with van der Waals surface area (Å²) in [5, 5.41) is 3.79. The molecule has 40 heavy (non-hydrogen) atoms. The third-order valence-electron chi connectivity index (χ3n) is 7.03. The number of hydrogen-bond acceptors (Lipinski definition) is 7. The predicted molar refractivity (Wildman–Crippen MR) is 142 cm³/mol. The number of rotatable bonds is 7. The van der Waals surface area contributed by atoms with Crippen LogP contribution in [-0.4, -0.2) is 68.1 Å². The zero-order valence-corrected chi connectivity index (χ0v) is 22.9. The standard InChI is InChI=1S/C28H29F2N3O6S/c1-18-27(26(39-31-18)10-8-19-7-9-21(29)15-23(19)30)40(35,36)33-13-11-20(12-14-33)28(34)32(2)16-22-17-37-24-5-3-4-6-25(24)38-22/h3-10,15,20,22H,11-14,16-17H2,1-2H3/b10-8+/t22-/m1/s1. The molecular weight excluding hydrogens is 544 g/mol. The SMILES string of the molecule is Cc1noc(/C=C/c2ccc(F)cc2F)c1S(=O)(=O)N1CCC(C(=O)N(C)C[C@@H]2COc3ccccc3O2)CC1. The van der Waals surface area contributed by atoms with E-state index in [0.29, 0.717) is 37.5 Å². The molecular formula is C28H29F2N3O6S. The number of nitrogens with zero attached hydrogens (tertiary/aromatic N) is 3. The number of likely N-dealkylation sites (N-methyl/N-ethyl adjacent to an activating group) is 1. The van der Waals surface area contributed by atoms with Crippen LogP contribution >= 0.6 is 0 Å². The minimum absolute atomic E-state index is 0.0598. The molecule has 1 atom stereocenters. The largest absolute Gasteiger partial charge is 0.486 e. The van der Waals surface area contributed by atoms with Crippen molar-refractivity contribution in [1.82, 2.24) is 14.4 Å². The molecule has 3 heterocycles. The van der Waals surface area contributed by atoms with Crippen molar-refractivity contribution in [1.29, 1.82) is 0 Å². The van der Waals surface area contributed by atoms with Crippen molar-refractivity contribution in [3.8, 4) is 11.5 Å². The molecule has 0 N–H and O–H groups in total. The highest BCUT2D eigenvalue weighted by Crippen LogP contribution is 2.32. The predicted octanol–water partition coefficient (Wildman–Crippen LogP) is 4.13. The van der Waals surface area contributed by atoms with Gasteiger partial charge in [-0.25, -0.2) is 17.2 Å². The van der Waals surface area contributed by atoms with Crippen LogP contribution in [0.15, 0.2) is 51.9 Å². The Labute approximate surface area is 231 Å². The van der Waals surface area contributed by atoms with E-state index in [0.717, 1.165) is 12.1 Å². The first-order chi connectivity index (χ1) is 19.1. The van der Waals surface area contributed by atoms with Crippen molar-refractivity contribution >= 4 is 28.1 Å². The van der Waals surface area contributed by atoms with Crippen LogP contribution in [0.2, 0.25) is 0 Å². The molecule has 2 aromatic carbocycles. The van der Waals surface area contributed by atoms with E-state index in [-0.39, 0.29) is 52.9 Å². The third-order valence-corrected chi connectivity index (χ3v) is 9.09. The van der Waals surface area contributed by atoms with Crippen molar-refractivity contribution in [2.45, 2.75) is 30.8 Å². The van der Waals surface area contributed by atoms with Gasteiger partial charge in [-0.1, -0.05) is 17.3 Å². The Hall–Kier alpha value is -3.77. The number of piperidine rings is 1. The molecule has 9 nitrogen and oxygen atoms in total. The van der Waals surface area contributed by atoms with Crippen molar-refractivity contribution in [2.24, 2.45) is 5.92 Å². The summed E-state index contributed by atoms with van der Waals surface area (Å²) in [6.07, 6.45) is 2.99. The van der Waals surface area contributed by atoms with Crippen LogP contribution in [-0.2, 0) is 14.8 Å². The number of hydrogen-bond donors (Lipinski definition) is 0. The number of amides is 1. The number of halogens is 2. The van der Waals surface area contributed by atoms with Crippen molar-refractivity contribution < 1.29 is 36.0 Å². The first-order valence-electron chi connectivity index (χ1n) is 12.9. The molecule has 1 saturated heterocycles. The second-order valence-corrected chi connectivity index (χ2v) is 11.7. The van der Waals surface area contributed by atoms with Crippen molar-refractivity contribution in [2.75, 3.05) is 33.3 Å². The summed E-state index contributed by atoms with van der Waals surface area (Å²) in [7, 11) is -2.30. The van der Waals surface area contributed by atoms with Gasteiger partial charge in [-0.15, -0.1) is 0 Å². The molecule has 12 heteroatoms. The van der Waals surface area contributed by atoms with Gasteiger partial charge in [0.05, 0.1) is 6.54 Å². The van der Waals surface area contributed by atoms with Gasteiger partial charge in [0, 0.05) is 37.7 Å². The Morgan fingerprint density at radius 3 is 2.58 bits per heavy atom. The Bertz CT molecular complexity index is 1530. The highest BCUT2D eigenvalue weighted by atomic mass is 32.2. The number of aromatic nitrogens is 1. The van der Waals surface area contributed by atoms with Crippen LogP contribution in [0, 0.1) is 24.5 Å². The van der Waals surface area contributed by atoms with Gasteiger partial charge in [-0.2, -0.15) is 4.31 Å². The second kappa shape index (κ2) is 11.4. The zero-order valence-electron chi connectivity index (χ0n) is 22.0. The minimum atomic E-state index is -4.01. The van der Waals surface area contributed by atoms with Gasteiger partial charge in [0.25, 0.3) is 0 Å². The topological polar surface area (TPSA) is 102 Å². The molecule has 0 radical (unpaired) electrons. The first-order valence-corrected chi connectivity index (χ1v) is 14.3. The maximum Gasteiger partial charge on any atom is 0.248 e. The molecule has 0 aliphatic carbocycles. The molecule has 0 spiro atoms. The highest BCUT2D eigenvalue weighted by Gasteiger charge is 2.37. The minimum Gasteiger partial charge on any atom is -0.486 e. The number of sulfonamides is 1. The van der Waals surface area contributed by atoms with E-state index in [1.165, 1.54) is 29.4 Å². The number of ether oxygens (including phenoxy) is 2. The number of carbonyl (C=O) groups excluding carboxylic acids is 1. The van der Waals surface area contributed by atoms with E-state index in [9.17, 15) is 22.0 Å². The molecule has 0 saturated carbocycles. The van der Waals surface area contributed by atoms with E-state index < -0.39 is 21.7 Å². The van der Waals surface area contributed by atoms with Crippen LogP contribution in [0.5, 0.6) is 11.5 Å². The van der Waals surface area contributed by atoms with E-state index in [1.54, 1.807) is 11.9 Å². The Kier molecular flexibility index (Phi) is 7.90. The van der Waals surface area contributed by atoms with E-state index in [4.69, 9.17) is 14.0 Å². The fourth-order valence-corrected chi connectivity index (χ4v) is 6.65. The number of benzene rings is 2. The van der Waals surface area contributed by atoms with Gasteiger partial charge in [0.1, 0.15) is 23.9 Å². The summed E-state index contributed by atoms with van der Waals surface area (Å²) in [6.45, 7) is 2.46. The maximum atomic E-state index is 14.0. The van der Waals surface area contributed by atoms with E-state index in [2.05, 4.69) is 5.16 Å².